The number of aromatic nitrogens is 3. The lowest BCUT2D eigenvalue weighted by molar-refractivity contribution is 0.374. The molecule has 3 aromatic rings. The zero-order valence-corrected chi connectivity index (χ0v) is 13.1. The molecule has 5 heteroatoms. The van der Waals surface area contributed by atoms with Crippen molar-refractivity contribution in [3.8, 4) is 17.3 Å². The van der Waals surface area contributed by atoms with Gasteiger partial charge in [-0.1, -0.05) is 30.6 Å². The lowest BCUT2D eigenvalue weighted by Gasteiger charge is -2.07. The van der Waals surface area contributed by atoms with Crippen LogP contribution in [-0.4, -0.2) is 22.2 Å². The average Bonchev–Trinajstić information content (AvgIpc) is 3.00. The van der Waals surface area contributed by atoms with Crippen molar-refractivity contribution in [2.24, 2.45) is 0 Å². The van der Waals surface area contributed by atoms with Crippen LogP contribution in [0.25, 0.3) is 22.3 Å². The zero-order chi connectivity index (χ0) is 15.5. The highest BCUT2D eigenvalue weighted by Gasteiger charge is 2.15. The van der Waals surface area contributed by atoms with E-state index in [1.54, 1.807) is 7.11 Å². The van der Waals surface area contributed by atoms with Crippen molar-refractivity contribution in [1.82, 2.24) is 15.1 Å². The van der Waals surface area contributed by atoms with Crippen molar-refractivity contribution in [2.75, 3.05) is 7.11 Å². The number of fused-ring (bicyclic) bond motifs is 1. The molecular formula is C17H19N3O2. The molecule has 114 valence electrons. The minimum Gasteiger partial charge on any atom is -0.480 e. The van der Waals surface area contributed by atoms with Crippen LogP contribution in [0.2, 0.25) is 0 Å². The summed E-state index contributed by atoms with van der Waals surface area (Å²) in [4.78, 5) is 9.01. The number of methoxy groups -OCH3 is 1. The summed E-state index contributed by atoms with van der Waals surface area (Å²) in [6.45, 7) is 4.18. The number of pyridine rings is 1. The second-order valence-corrected chi connectivity index (χ2v) is 5.36. The molecule has 0 unspecified atom stereocenters. The Balaban J connectivity index is 2.05. The Morgan fingerprint density at radius 1 is 1.18 bits per heavy atom. The lowest BCUT2D eigenvalue weighted by Crippen LogP contribution is -1.94. The summed E-state index contributed by atoms with van der Waals surface area (Å²) in [6, 6.07) is 8.13. The summed E-state index contributed by atoms with van der Waals surface area (Å²) in [5.74, 6) is 1.70. The van der Waals surface area contributed by atoms with Gasteiger partial charge in [-0.25, -0.2) is 4.98 Å². The van der Waals surface area contributed by atoms with E-state index >= 15 is 0 Å². The molecule has 0 atom stereocenters. The molecule has 0 aliphatic heterocycles. The van der Waals surface area contributed by atoms with Gasteiger partial charge in [-0.05, 0) is 31.0 Å². The van der Waals surface area contributed by atoms with Gasteiger partial charge in [0.2, 0.25) is 17.6 Å². The topological polar surface area (TPSA) is 61.0 Å². The second-order valence-electron chi connectivity index (χ2n) is 5.36. The summed E-state index contributed by atoms with van der Waals surface area (Å²) in [5.41, 5.74) is 2.82. The first-order chi connectivity index (χ1) is 10.7. The maximum Gasteiger partial charge on any atom is 0.226 e. The van der Waals surface area contributed by atoms with Gasteiger partial charge in [-0.15, -0.1) is 0 Å². The van der Waals surface area contributed by atoms with Crippen molar-refractivity contribution < 1.29 is 9.26 Å². The van der Waals surface area contributed by atoms with E-state index in [0.717, 1.165) is 41.3 Å². The number of nitrogens with zero attached hydrogens (tertiary/aromatic N) is 3. The van der Waals surface area contributed by atoms with Crippen LogP contribution in [0.1, 0.15) is 31.2 Å². The molecule has 1 aromatic carbocycles. The fourth-order valence-corrected chi connectivity index (χ4v) is 2.37. The van der Waals surface area contributed by atoms with Gasteiger partial charge in [0, 0.05) is 11.8 Å². The minimum absolute atomic E-state index is 0.515. The smallest absolute Gasteiger partial charge is 0.226 e. The Kier molecular flexibility index (Phi) is 4.04. The SMILES string of the molecule is CCCCc1nc(-c2cc3ccc(C)cc3nc2OC)no1. The highest BCUT2D eigenvalue weighted by molar-refractivity contribution is 5.85. The van der Waals surface area contributed by atoms with E-state index in [2.05, 4.69) is 28.1 Å². The van der Waals surface area contributed by atoms with Crippen molar-refractivity contribution in [2.45, 2.75) is 33.1 Å². The van der Waals surface area contributed by atoms with Crippen LogP contribution in [0.3, 0.4) is 0 Å². The fraction of sp³-hybridized carbons (Fsp3) is 0.353. The quantitative estimate of drug-likeness (QED) is 0.713. The first-order valence-corrected chi connectivity index (χ1v) is 7.49. The lowest BCUT2D eigenvalue weighted by atomic mass is 10.1. The van der Waals surface area contributed by atoms with Gasteiger partial charge in [0.05, 0.1) is 18.2 Å². The van der Waals surface area contributed by atoms with Crippen LogP contribution >= 0.6 is 0 Å². The predicted molar refractivity (Wildman–Crippen MR) is 84.9 cm³/mol. The normalized spacial score (nSPS) is 11.0. The molecule has 0 amide bonds. The maximum atomic E-state index is 5.41. The monoisotopic (exact) mass is 297 g/mol. The van der Waals surface area contributed by atoms with Gasteiger partial charge in [0.15, 0.2) is 0 Å². The highest BCUT2D eigenvalue weighted by atomic mass is 16.5. The Morgan fingerprint density at radius 3 is 2.82 bits per heavy atom. The van der Waals surface area contributed by atoms with Crippen molar-refractivity contribution in [3.63, 3.8) is 0 Å². The number of rotatable bonds is 5. The minimum atomic E-state index is 0.515. The van der Waals surface area contributed by atoms with E-state index in [0.29, 0.717) is 17.6 Å². The van der Waals surface area contributed by atoms with Crippen molar-refractivity contribution in [1.29, 1.82) is 0 Å². The molecule has 3 rings (SSSR count). The summed E-state index contributed by atoms with van der Waals surface area (Å²) in [5, 5.41) is 5.10. The molecule has 0 saturated carbocycles. The molecule has 0 fully saturated rings. The Bertz CT molecular complexity index is 796. The summed E-state index contributed by atoms with van der Waals surface area (Å²) >= 11 is 0. The van der Waals surface area contributed by atoms with Crippen LogP contribution in [0.15, 0.2) is 28.8 Å². The third-order valence-electron chi connectivity index (χ3n) is 3.58. The molecule has 0 aliphatic carbocycles. The Morgan fingerprint density at radius 2 is 2.05 bits per heavy atom. The number of hydrogen-bond acceptors (Lipinski definition) is 5. The van der Waals surface area contributed by atoms with Crippen LogP contribution < -0.4 is 4.74 Å². The van der Waals surface area contributed by atoms with Gasteiger partial charge in [-0.3, -0.25) is 0 Å². The summed E-state index contributed by atoms with van der Waals surface area (Å²) < 4.78 is 10.7. The first kappa shape index (κ1) is 14.5. The van der Waals surface area contributed by atoms with Crippen LogP contribution in [0, 0.1) is 6.92 Å². The standard InChI is InChI=1S/C17H19N3O2/c1-4-5-6-15-19-16(20-22-15)13-10-12-8-7-11(2)9-14(12)18-17(13)21-3/h7-10H,4-6H2,1-3H3. The molecule has 2 aromatic heterocycles. The molecular weight excluding hydrogens is 278 g/mol. The van der Waals surface area contributed by atoms with Crippen LogP contribution in [-0.2, 0) is 6.42 Å². The van der Waals surface area contributed by atoms with Gasteiger partial charge in [0.1, 0.15) is 0 Å². The van der Waals surface area contributed by atoms with Crippen LogP contribution in [0.5, 0.6) is 5.88 Å². The zero-order valence-electron chi connectivity index (χ0n) is 13.1. The third kappa shape index (κ3) is 2.79. The largest absolute Gasteiger partial charge is 0.480 e. The number of benzene rings is 1. The van der Waals surface area contributed by atoms with Crippen molar-refractivity contribution >= 4 is 10.9 Å². The molecule has 22 heavy (non-hydrogen) atoms. The average molecular weight is 297 g/mol. The molecule has 0 spiro atoms. The Hall–Kier alpha value is -2.43. The Labute approximate surface area is 129 Å². The first-order valence-electron chi connectivity index (χ1n) is 7.49. The molecule has 0 N–H and O–H groups in total. The van der Waals surface area contributed by atoms with E-state index in [-0.39, 0.29) is 0 Å². The van der Waals surface area contributed by atoms with E-state index < -0.39 is 0 Å². The van der Waals surface area contributed by atoms with Gasteiger partial charge in [0.25, 0.3) is 0 Å². The van der Waals surface area contributed by atoms with Crippen LogP contribution in [0.4, 0.5) is 0 Å². The second kappa shape index (κ2) is 6.13. The number of unbranched alkanes of at least 4 members (excludes halogenated alkanes) is 1. The molecule has 0 radical (unpaired) electrons. The van der Waals surface area contributed by atoms with E-state index in [1.807, 2.05) is 25.1 Å². The molecule has 5 nitrogen and oxygen atoms in total. The van der Waals surface area contributed by atoms with E-state index in [9.17, 15) is 0 Å². The van der Waals surface area contributed by atoms with E-state index in [1.165, 1.54) is 0 Å². The van der Waals surface area contributed by atoms with Gasteiger partial charge >= 0.3 is 0 Å². The maximum absolute atomic E-state index is 5.41. The number of hydrogen-bond donors (Lipinski definition) is 0. The predicted octanol–water partition coefficient (Wildman–Crippen LogP) is 3.94. The molecule has 2 heterocycles. The fourth-order valence-electron chi connectivity index (χ4n) is 2.37. The number of aryl methyl sites for hydroxylation is 2. The van der Waals surface area contributed by atoms with Gasteiger partial charge in [-0.2, -0.15) is 4.98 Å². The van der Waals surface area contributed by atoms with Gasteiger partial charge < -0.3 is 9.26 Å². The molecule has 0 saturated heterocycles. The summed E-state index contributed by atoms with van der Waals surface area (Å²) in [6.07, 6.45) is 2.93. The third-order valence-corrected chi connectivity index (χ3v) is 3.58. The summed E-state index contributed by atoms with van der Waals surface area (Å²) in [7, 11) is 1.60. The number of ether oxygens (including phenoxy) is 1. The highest BCUT2D eigenvalue weighted by Crippen LogP contribution is 2.30. The molecule has 0 aliphatic rings. The van der Waals surface area contributed by atoms with E-state index in [4.69, 9.17) is 9.26 Å². The molecule has 0 bridgehead atoms. The van der Waals surface area contributed by atoms with Crippen molar-refractivity contribution in [3.05, 3.63) is 35.7 Å².